The van der Waals surface area contributed by atoms with Gasteiger partial charge in [-0.1, -0.05) is 38.0 Å². The van der Waals surface area contributed by atoms with E-state index in [1.165, 1.54) is 5.56 Å². The maximum absolute atomic E-state index is 12.9. The van der Waals surface area contributed by atoms with Crippen molar-refractivity contribution >= 4 is 55.3 Å². The van der Waals surface area contributed by atoms with Crippen molar-refractivity contribution < 1.29 is 75.1 Å². The van der Waals surface area contributed by atoms with Crippen molar-refractivity contribution in [1.29, 1.82) is 0 Å². The van der Waals surface area contributed by atoms with Gasteiger partial charge in [0.05, 0.1) is 154 Å². The van der Waals surface area contributed by atoms with Crippen LogP contribution in [0.3, 0.4) is 0 Å². The number of ketones is 1. The van der Waals surface area contributed by atoms with Crippen LogP contribution in [0.2, 0.25) is 0 Å². The molecule has 6 N–H and O–H groups in total. The zero-order valence-corrected chi connectivity index (χ0v) is 40.0. The first-order valence-electron chi connectivity index (χ1n) is 23.3. The number of hydrogen-bond donors (Lipinski definition) is 5. The number of carbonyl (C=O) groups is 3. The van der Waals surface area contributed by atoms with E-state index in [1.807, 2.05) is 6.07 Å². The van der Waals surface area contributed by atoms with E-state index in [0.29, 0.717) is 111 Å². The molecular formula is C46H74N4O16S. The lowest BCUT2D eigenvalue weighted by Gasteiger charge is -2.15. The predicted octanol–water partition coefficient (Wildman–Crippen LogP) is 3.95. The zero-order valence-electron chi connectivity index (χ0n) is 39.1. The second kappa shape index (κ2) is 35.3. The van der Waals surface area contributed by atoms with Gasteiger partial charge in [-0.05, 0) is 42.7 Å². The largest absolute Gasteiger partial charge is 0.481 e. The fourth-order valence-electron chi connectivity index (χ4n) is 6.68. The first-order valence-corrected chi connectivity index (χ1v) is 24.9. The van der Waals surface area contributed by atoms with Gasteiger partial charge >= 0.3 is 5.97 Å². The SMILES string of the molecule is CCCCc1nc2c([nH]1)c(N)cc1cc(CCCCCNC(=O)[C@@H](CC(=O)CCOCCOCCOCCOCCOCCOCCOCCOCCOCCC(=O)O)CS(=O)(=O)O)ccc12. The lowest BCUT2D eigenvalue weighted by molar-refractivity contribution is -0.138. The van der Waals surface area contributed by atoms with Crippen LogP contribution in [0.25, 0.3) is 21.8 Å². The Balaban J connectivity index is 1.11. The molecule has 1 atom stereocenters. The van der Waals surface area contributed by atoms with E-state index in [9.17, 15) is 27.4 Å². The number of aliphatic carboxylic acids is 1. The number of imidazole rings is 1. The molecule has 0 aliphatic rings. The number of amides is 1. The molecule has 0 unspecified atom stereocenters. The Morgan fingerprint density at radius 2 is 1.19 bits per heavy atom. The molecular weight excluding hydrogens is 897 g/mol. The Morgan fingerprint density at radius 3 is 1.69 bits per heavy atom. The molecule has 1 amide bonds. The third-order valence-electron chi connectivity index (χ3n) is 10.2. The number of ether oxygens (including phenoxy) is 9. The third kappa shape index (κ3) is 27.0. The van der Waals surface area contributed by atoms with Gasteiger partial charge in [0, 0.05) is 31.2 Å². The predicted molar refractivity (Wildman–Crippen MR) is 251 cm³/mol. The van der Waals surface area contributed by atoms with Crippen molar-refractivity contribution in [3.8, 4) is 0 Å². The second-order valence-electron chi connectivity index (χ2n) is 15.7. The Morgan fingerprint density at radius 1 is 0.687 bits per heavy atom. The second-order valence-corrected chi connectivity index (χ2v) is 17.2. The van der Waals surface area contributed by atoms with Crippen LogP contribution >= 0.6 is 0 Å². The van der Waals surface area contributed by atoms with Crippen molar-refractivity contribution in [2.45, 2.75) is 71.1 Å². The molecule has 0 spiro atoms. The molecule has 0 fully saturated rings. The number of benzene rings is 2. The number of Topliss-reactive ketones (excluding diaryl/α,β-unsaturated/α-hetero) is 1. The summed E-state index contributed by atoms with van der Waals surface area (Å²) < 4.78 is 81.4. The number of fused-ring (bicyclic) bond motifs is 3. The van der Waals surface area contributed by atoms with E-state index in [2.05, 4.69) is 35.4 Å². The molecule has 67 heavy (non-hydrogen) atoms. The van der Waals surface area contributed by atoms with Gasteiger partial charge in [-0.25, -0.2) is 4.98 Å². The highest BCUT2D eigenvalue weighted by molar-refractivity contribution is 7.85. The van der Waals surface area contributed by atoms with Crippen molar-refractivity contribution in [2.24, 2.45) is 5.92 Å². The van der Waals surface area contributed by atoms with Crippen molar-refractivity contribution in [2.75, 3.05) is 137 Å². The van der Waals surface area contributed by atoms with Crippen LogP contribution in [0, 0.1) is 5.92 Å². The van der Waals surface area contributed by atoms with Crippen LogP contribution in [0.5, 0.6) is 0 Å². The van der Waals surface area contributed by atoms with Gasteiger partial charge in [0.1, 0.15) is 11.6 Å². The van der Waals surface area contributed by atoms with E-state index in [-0.39, 0.29) is 51.5 Å². The minimum atomic E-state index is -4.49. The summed E-state index contributed by atoms with van der Waals surface area (Å²) in [6.45, 7) is 8.91. The molecule has 3 rings (SSSR count). The number of carbonyl (C=O) groups excluding carboxylic acids is 2. The van der Waals surface area contributed by atoms with Gasteiger partial charge in [-0.2, -0.15) is 8.42 Å². The molecule has 21 heteroatoms. The average Bonchev–Trinajstić information content (AvgIpc) is 3.73. The van der Waals surface area contributed by atoms with E-state index in [0.717, 1.165) is 66.2 Å². The number of hydrogen-bond acceptors (Lipinski definition) is 16. The summed E-state index contributed by atoms with van der Waals surface area (Å²) >= 11 is 0. The average molecular weight is 971 g/mol. The third-order valence-corrected chi connectivity index (χ3v) is 11.0. The first-order chi connectivity index (χ1) is 32.5. The number of aryl methyl sites for hydroxylation is 2. The summed E-state index contributed by atoms with van der Waals surface area (Å²) in [7, 11) is -4.49. The molecule has 2 aromatic carbocycles. The number of unbranched alkanes of at least 4 members (excludes halogenated alkanes) is 3. The summed E-state index contributed by atoms with van der Waals surface area (Å²) in [5.74, 6) is -2.94. The molecule has 1 aromatic heterocycles. The number of carboxylic acids is 1. The number of H-pyrrole nitrogens is 1. The summed E-state index contributed by atoms with van der Waals surface area (Å²) in [6, 6.07) is 8.31. The Labute approximate surface area is 394 Å². The minimum absolute atomic E-state index is 0.0163. The quantitative estimate of drug-likeness (QED) is 0.0305. The number of anilines is 1. The Bertz CT molecular complexity index is 1950. The summed E-state index contributed by atoms with van der Waals surface area (Å²) in [4.78, 5) is 44.1. The van der Waals surface area contributed by atoms with Crippen LogP contribution in [-0.4, -0.2) is 177 Å². The van der Waals surface area contributed by atoms with Crippen molar-refractivity contribution in [3.05, 3.63) is 35.7 Å². The molecule has 1 heterocycles. The van der Waals surface area contributed by atoms with E-state index in [4.69, 9.17) is 58.5 Å². The number of aromatic nitrogens is 2. The highest BCUT2D eigenvalue weighted by atomic mass is 32.2. The van der Waals surface area contributed by atoms with Crippen LogP contribution in [-0.2, 0) is 80.0 Å². The molecule has 0 aliphatic heterocycles. The molecule has 0 aliphatic carbocycles. The topological polar surface area (TPSA) is 276 Å². The maximum Gasteiger partial charge on any atom is 0.305 e. The van der Waals surface area contributed by atoms with Gasteiger partial charge in [0.25, 0.3) is 10.1 Å². The highest BCUT2D eigenvalue weighted by Crippen LogP contribution is 2.30. The number of rotatable bonds is 44. The van der Waals surface area contributed by atoms with Crippen molar-refractivity contribution in [3.63, 3.8) is 0 Å². The normalized spacial score (nSPS) is 12.3. The summed E-state index contributed by atoms with van der Waals surface area (Å²) in [6.07, 6.45) is 5.85. The van der Waals surface area contributed by atoms with Gasteiger partial charge in [-0.15, -0.1) is 0 Å². The standard InChI is InChI=1S/C46H74N4O16S/c1-2-3-8-42-49-44-40-10-9-36(32-37(40)34-41(47)45(44)50-42)7-5-4-6-13-48-46(54)38(35-67(55,56)57)33-39(51)11-14-58-16-18-60-20-22-62-24-26-64-28-30-66-31-29-65-27-25-63-23-21-61-19-17-59-15-12-43(52)53/h9-10,32,34,38H,2-8,11-31,33,35,47H2,1H3,(H,48,54)(H,49,50)(H,52,53)(H,55,56,57)/t38-/m0/s1. The number of nitrogens with two attached hydrogens (primary N) is 1. The van der Waals surface area contributed by atoms with Gasteiger partial charge in [0.15, 0.2) is 0 Å². The van der Waals surface area contributed by atoms with Crippen LogP contribution in [0.1, 0.15) is 69.7 Å². The molecule has 0 bridgehead atoms. The number of nitrogens with zero attached hydrogens (tertiary/aromatic N) is 1. The number of carboxylic acid groups (broad SMARTS) is 1. The fourth-order valence-corrected chi connectivity index (χ4v) is 7.46. The monoisotopic (exact) mass is 970 g/mol. The first kappa shape index (κ1) is 57.4. The molecule has 0 saturated heterocycles. The summed E-state index contributed by atoms with van der Waals surface area (Å²) in [5, 5.41) is 13.3. The van der Waals surface area contributed by atoms with Gasteiger partial charge < -0.3 is 63.8 Å². The van der Waals surface area contributed by atoms with Crippen LogP contribution < -0.4 is 11.1 Å². The maximum atomic E-state index is 12.9. The van der Waals surface area contributed by atoms with Crippen LogP contribution in [0.15, 0.2) is 24.3 Å². The van der Waals surface area contributed by atoms with Crippen LogP contribution in [0.4, 0.5) is 5.69 Å². The lowest BCUT2D eigenvalue weighted by atomic mass is 10.0. The smallest absolute Gasteiger partial charge is 0.305 e. The van der Waals surface area contributed by atoms with Crippen molar-refractivity contribution in [1.82, 2.24) is 15.3 Å². The number of nitrogens with one attached hydrogen (secondary N) is 2. The Hall–Kier alpha value is -3.87. The molecule has 3 aromatic rings. The zero-order chi connectivity index (χ0) is 48.4. The molecule has 380 valence electrons. The molecule has 0 radical (unpaired) electrons. The highest BCUT2D eigenvalue weighted by Gasteiger charge is 2.26. The number of aromatic amines is 1. The lowest BCUT2D eigenvalue weighted by Crippen LogP contribution is -2.36. The number of nitrogen functional groups attached to an aromatic ring is 1. The fraction of sp³-hybridized carbons (Fsp3) is 0.696. The Kier molecular flexibility index (Phi) is 30.2. The van der Waals surface area contributed by atoms with E-state index in [1.54, 1.807) is 0 Å². The van der Waals surface area contributed by atoms with E-state index < -0.39 is 33.7 Å². The summed E-state index contributed by atoms with van der Waals surface area (Å²) in [5.41, 5.74) is 9.97. The minimum Gasteiger partial charge on any atom is -0.481 e. The molecule has 20 nitrogen and oxygen atoms in total. The van der Waals surface area contributed by atoms with E-state index >= 15 is 0 Å². The molecule has 0 saturated carbocycles. The van der Waals surface area contributed by atoms with Gasteiger partial charge in [0.2, 0.25) is 5.91 Å². The van der Waals surface area contributed by atoms with Gasteiger partial charge in [-0.3, -0.25) is 18.9 Å².